The molecule has 10 heteroatoms. The van der Waals surface area contributed by atoms with Gasteiger partial charge in [-0.15, -0.1) is 0 Å². The molecule has 0 aromatic heterocycles. The standard InChI is InChI=1S/C38H42ClN3O5S/c1-28-16-22-35(23-17-28)48(45,46)42(33-18-20-34(47-2)21-19-33)27-37(43)41(26-30-12-9-13-31(39)24-30)36(25-29-10-5-3-6-11-29)38(44)40-32-14-7-4-8-15-32/h3,5-6,9-13,16-24,32,36H,4,7-8,14-15,25-27H2,1-2H3,(H,40,44). The number of rotatable bonds is 13. The Hall–Kier alpha value is -4.34. The SMILES string of the molecule is COc1ccc(N(CC(=O)N(Cc2cccc(Cl)c2)C(Cc2ccccc2)C(=O)NC2CCCCC2)S(=O)(=O)c2ccc(C)cc2)cc1. The molecule has 1 aliphatic carbocycles. The summed E-state index contributed by atoms with van der Waals surface area (Å²) in [5.41, 5.74) is 2.79. The highest BCUT2D eigenvalue weighted by atomic mass is 35.5. The lowest BCUT2D eigenvalue weighted by atomic mass is 9.94. The number of hydrogen-bond acceptors (Lipinski definition) is 5. The minimum atomic E-state index is -4.20. The van der Waals surface area contributed by atoms with Gasteiger partial charge in [0.05, 0.1) is 17.7 Å². The Bertz CT molecular complexity index is 1780. The van der Waals surface area contributed by atoms with E-state index in [2.05, 4.69) is 5.32 Å². The Labute approximate surface area is 288 Å². The van der Waals surface area contributed by atoms with Crippen molar-refractivity contribution in [1.82, 2.24) is 10.2 Å². The van der Waals surface area contributed by atoms with E-state index in [1.54, 1.807) is 54.6 Å². The lowest BCUT2D eigenvalue weighted by Crippen LogP contribution is -2.55. The molecule has 0 heterocycles. The molecule has 1 N–H and O–H groups in total. The van der Waals surface area contributed by atoms with Gasteiger partial charge in [0, 0.05) is 24.0 Å². The molecule has 0 spiro atoms. The Kier molecular flexibility index (Phi) is 11.8. The summed E-state index contributed by atoms with van der Waals surface area (Å²) in [6.45, 7) is 1.39. The molecule has 0 aliphatic heterocycles. The molecule has 4 aromatic rings. The molecule has 2 amide bonds. The highest BCUT2D eigenvalue weighted by Crippen LogP contribution is 2.28. The second-order valence-corrected chi connectivity index (χ2v) is 14.5. The van der Waals surface area contributed by atoms with Crippen molar-refractivity contribution in [3.8, 4) is 5.75 Å². The van der Waals surface area contributed by atoms with Crippen molar-refractivity contribution in [2.75, 3.05) is 18.0 Å². The van der Waals surface area contributed by atoms with Gasteiger partial charge in [-0.3, -0.25) is 13.9 Å². The van der Waals surface area contributed by atoms with Crippen molar-refractivity contribution in [1.29, 1.82) is 0 Å². The third kappa shape index (κ3) is 8.96. The van der Waals surface area contributed by atoms with E-state index in [0.29, 0.717) is 16.5 Å². The number of carbonyl (C=O) groups excluding carboxylic acids is 2. The van der Waals surface area contributed by atoms with E-state index >= 15 is 0 Å². The third-order valence-corrected chi connectivity index (χ3v) is 10.7. The molecule has 1 aliphatic rings. The van der Waals surface area contributed by atoms with Crippen molar-refractivity contribution in [3.63, 3.8) is 0 Å². The van der Waals surface area contributed by atoms with Crippen molar-refractivity contribution < 1.29 is 22.7 Å². The first kappa shape index (κ1) is 35.0. The van der Waals surface area contributed by atoms with E-state index in [1.165, 1.54) is 24.1 Å². The van der Waals surface area contributed by atoms with E-state index in [1.807, 2.05) is 43.3 Å². The highest BCUT2D eigenvalue weighted by molar-refractivity contribution is 7.92. The number of amides is 2. The molecular formula is C38H42ClN3O5S. The average molecular weight is 688 g/mol. The van der Waals surface area contributed by atoms with Crippen LogP contribution in [0.2, 0.25) is 5.02 Å². The number of carbonyl (C=O) groups is 2. The first-order chi connectivity index (χ1) is 23.1. The summed E-state index contributed by atoms with van der Waals surface area (Å²) < 4.78 is 34.9. The molecule has 4 aromatic carbocycles. The first-order valence-electron chi connectivity index (χ1n) is 16.3. The monoisotopic (exact) mass is 687 g/mol. The predicted molar refractivity (Wildman–Crippen MR) is 190 cm³/mol. The van der Waals surface area contributed by atoms with E-state index in [9.17, 15) is 18.0 Å². The van der Waals surface area contributed by atoms with Gasteiger partial charge in [0.25, 0.3) is 10.0 Å². The second kappa shape index (κ2) is 16.2. The van der Waals surface area contributed by atoms with Gasteiger partial charge in [-0.25, -0.2) is 8.42 Å². The van der Waals surface area contributed by atoms with Crippen molar-refractivity contribution in [2.45, 2.75) is 69.0 Å². The first-order valence-corrected chi connectivity index (χ1v) is 18.1. The molecule has 0 saturated heterocycles. The van der Waals surface area contributed by atoms with E-state index in [4.69, 9.17) is 16.3 Å². The number of hydrogen-bond donors (Lipinski definition) is 1. The van der Waals surface area contributed by atoms with Crippen LogP contribution in [-0.2, 0) is 32.6 Å². The Morgan fingerprint density at radius 3 is 2.19 bits per heavy atom. The van der Waals surface area contributed by atoms with Gasteiger partial charge < -0.3 is 15.0 Å². The summed E-state index contributed by atoms with van der Waals surface area (Å²) in [7, 11) is -2.68. The number of aryl methyl sites for hydroxylation is 1. The fourth-order valence-electron chi connectivity index (χ4n) is 6.04. The predicted octanol–water partition coefficient (Wildman–Crippen LogP) is 6.94. The average Bonchev–Trinajstić information content (AvgIpc) is 3.09. The summed E-state index contributed by atoms with van der Waals surface area (Å²) in [6, 6.07) is 28.8. The summed E-state index contributed by atoms with van der Waals surface area (Å²) in [5.74, 6) is -0.248. The summed E-state index contributed by atoms with van der Waals surface area (Å²) in [5, 5.41) is 3.72. The molecule has 1 unspecified atom stereocenters. The second-order valence-electron chi connectivity index (χ2n) is 12.2. The molecule has 0 radical (unpaired) electrons. The van der Waals surface area contributed by atoms with Gasteiger partial charge in [-0.1, -0.05) is 91.0 Å². The van der Waals surface area contributed by atoms with Crippen LogP contribution >= 0.6 is 11.6 Å². The zero-order valence-electron chi connectivity index (χ0n) is 27.3. The Morgan fingerprint density at radius 1 is 0.875 bits per heavy atom. The van der Waals surface area contributed by atoms with Gasteiger partial charge in [0.15, 0.2) is 0 Å². The third-order valence-electron chi connectivity index (χ3n) is 8.71. The number of anilines is 1. The van der Waals surface area contributed by atoms with Gasteiger partial charge in [-0.05, 0) is 79.4 Å². The molecule has 1 atom stereocenters. The minimum absolute atomic E-state index is 0.0188. The number of nitrogens with zero attached hydrogens (tertiary/aromatic N) is 2. The molecule has 1 saturated carbocycles. The Balaban J connectivity index is 1.56. The van der Waals surface area contributed by atoms with Crippen LogP contribution in [-0.4, -0.2) is 50.9 Å². The van der Waals surface area contributed by atoms with Crippen molar-refractivity contribution >= 4 is 39.1 Å². The van der Waals surface area contributed by atoms with Crippen molar-refractivity contribution in [2.24, 2.45) is 0 Å². The molecule has 8 nitrogen and oxygen atoms in total. The highest BCUT2D eigenvalue weighted by Gasteiger charge is 2.35. The van der Waals surface area contributed by atoms with Gasteiger partial charge in [0.2, 0.25) is 11.8 Å². The largest absolute Gasteiger partial charge is 0.497 e. The Morgan fingerprint density at radius 2 is 1.54 bits per heavy atom. The molecular weight excluding hydrogens is 646 g/mol. The van der Waals surface area contributed by atoms with Crippen LogP contribution in [0.15, 0.2) is 108 Å². The van der Waals surface area contributed by atoms with E-state index in [0.717, 1.165) is 53.1 Å². The van der Waals surface area contributed by atoms with Gasteiger partial charge in [0.1, 0.15) is 18.3 Å². The van der Waals surface area contributed by atoms with Crippen LogP contribution in [0.3, 0.4) is 0 Å². The number of nitrogens with one attached hydrogen (secondary N) is 1. The molecule has 0 bridgehead atoms. The lowest BCUT2D eigenvalue weighted by Gasteiger charge is -2.35. The van der Waals surface area contributed by atoms with E-state index < -0.39 is 28.5 Å². The van der Waals surface area contributed by atoms with Gasteiger partial charge >= 0.3 is 0 Å². The topological polar surface area (TPSA) is 96.0 Å². The quantitative estimate of drug-likeness (QED) is 0.164. The van der Waals surface area contributed by atoms with Crippen LogP contribution in [0.1, 0.15) is 48.8 Å². The van der Waals surface area contributed by atoms with Crippen LogP contribution in [0.5, 0.6) is 5.75 Å². The normalized spacial score (nSPS) is 14.1. The number of sulfonamides is 1. The number of halogens is 1. The molecule has 1 fully saturated rings. The molecule has 5 rings (SSSR count). The fourth-order valence-corrected chi connectivity index (χ4v) is 7.67. The summed E-state index contributed by atoms with van der Waals surface area (Å²) in [6.07, 6.45) is 5.22. The molecule has 48 heavy (non-hydrogen) atoms. The molecule has 252 valence electrons. The van der Waals surface area contributed by atoms with Crippen LogP contribution in [0.4, 0.5) is 5.69 Å². The maximum Gasteiger partial charge on any atom is 0.264 e. The minimum Gasteiger partial charge on any atom is -0.497 e. The van der Waals surface area contributed by atoms with Crippen molar-refractivity contribution in [3.05, 3.63) is 125 Å². The number of benzene rings is 4. The fraction of sp³-hybridized carbons (Fsp3) is 0.316. The zero-order valence-corrected chi connectivity index (χ0v) is 28.9. The summed E-state index contributed by atoms with van der Waals surface area (Å²) >= 11 is 6.36. The van der Waals surface area contributed by atoms with Gasteiger partial charge in [-0.2, -0.15) is 0 Å². The maximum absolute atomic E-state index is 14.7. The summed E-state index contributed by atoms with van der Waals surface area (Å²) in [4.78, 5) is 30.4. The maximum atomic E-state index is 14.7. The smallest absolute Gasteiger partial charge is 0.264 e. The lowest BCUT2D eigenvalue weighted by molar-refractivity contribution is -0.140. The number of methoxy groups -OCH3 is 1. The van der Waals surface area contributed by atoms with Crippen LogP contribution in [0.25, 0.3) is 0 Å². The van der Waals surface area contributed by atoms with Crippen LogP contribution < -0.4 is 14.4 Å². The zero-order chi connectivity index (χ0) is 34.1. The van der Waals surface area contributed by atoms with Crippen LogP contribution in [0, 0.1) is 6.92 Å². The number of ether oxygens (including phenoxy) is 1. The van der Waals surface area contributed by atoms with E-state index in [-0.39, 0.29) is 29.8 Å².